The van der Waals surface area contributed by atoms with Crippen LogP contribution in [0.1, 0.15) is 0 Å². The molecule has 1 N–H and O–H groups in total. The third-order valence-corrected chi connectivity index (χ3v) is 7.10. The molecule has 3 aromatic carbocycles. The number of nitrogens with one attached hydrogen (secondary N) is 1. The number of fused-ring (bicyclic) bond motifs is 1. The number of sulfonamides is 1. The Morgan fingerprint density at radius 1 is 0.828 bits per heavy atom. The molecule has 6 nitrogen and oxygen atoms in total. The largest absolute Gasteiger partial charge is 0.376 e. The summed E-state index contributed by atoms with van der Waals surface area (Å²) in [7, 11) is -3.51. The van der Waals surface area contributed by atoms with Crippen LogP contribution in [0.4, 0.5) is 5.69 Å². The van der Waals surface area contributed by atoms with Gasteiger partial charge in [-0.15, -0.1) is 0 Å². The van der Waals surface area contributed by atoms with E-state index >= 15 is 0 Å². The number of anilines is 1. The van der Waals surface area contributed by atoms with Gasteiger partial charge in [-0.05, 0) is 23.6 Å². The minimum atomic E-state index is -3.51. The number of carbonyl (C=O) groups excluding carboxylic acids is 1. The number of carbonyl (C=O) groups is 1. The summed E-state index contributed by atoms with van der Waals surface area (Å²) in [6.07, 6.45) is 0. The van der Waals surface area contributed by atoms with Gasteiger partial charge in [0.05, 0.1) is 11.4 Å². The normalized spacial score (nSPS) is 15.4. The Hall–Kier alpha value is -2.90. The fraction of sp³-hybridized carbons (Fsp3) is 0.227. The van der Waals surface area contributed by atoms with Crippen LogP contribution in [-0.2, 0) is 14.8 Å². The molecule has 0 aromatic heterocycles. The Kier molecular flexibility index (Phi) is 5.51. The zero-order valence-corrected chi connectivity index (χ0v) is 16.8. The van der Waals surface area contributed by atoms with Crippen molar-refractivity contribution in [1.29, 1.82) is 0 Å². The van der Waals surface area contributed by atoms with Crippen LogP contribution in [0, 0.1) is 0 Å². The smallest absolute Gasteiger partial charge is 0.243 e. The molecule has 0 unspecified atom stereocenters. The van der Waals surface area contributed by atoms with E-state index in [9.17, 15) is 13.2 Å². The Balaban J connectivity index is 1.36. The van der Waals surface area contributed by atoms with E-state index in [2.05, 4.69) is 5.32 Å². The highest BCUT2D eigenvalue weighted by molar-refractivity contribution is 7.89. The molecule has 1 aliphatic rings. The number of piperazine rings is 1. The molecule has 1 aliphatic heterocycles. The predicted molar refractivity (Wildman–Crippen MR) is 114 cm³/mol. The Bertz CT molecular complexity index is 1100. The van der Waals surface area contributed by atoms with E-state index in [4.69, 9.17) is 0 Å². The Labute approximate surface area is 170 Å². The second kappa shape index (κ2) is 8.23. The summed E-state index contributed by atoms with van der Waals surface area (Å²) in [4.78, 5) is 14.6. The standard InChI is InChI=1S/C22H23N3O3S/c26-22(17-23-21-12-6-8-18-7-4-5-11-20(18)21)24-13-15-25(16-14-24)29(27,28)19-9-2-1-3-10-19/h1-12,23H,13-17H2. The molecule has 29 heavy (non-hydrogen) atoms. The lowest BCUT2D eigenvalue weighted by molar-refractivity contribution is -0.130. The fourth-order valence-corrected chi connectivity index (χ4v) is 5.02. The van der Waals surface area contributed by atoms with Crippen LogP contribution in [0.2, 0.25) is 0 Å². The quantitative estimate of drug-likeness (QED) is 0.704. The molecule has 4 rings (SSSR count). The summed E-state index contributed by atoms with van der Waals surface area (Å²) in [5.74, 6) is -0.0327. The van der Waals surface area contributed by atoms with Crippen LogP contribution < -0.4 is 5.32 Å². The van der Waals surface area contributed by atoms with Crippen molar-refractivity contribution in [3.63, 3.8) is 0 Å². The number of benzene rings is 3. The van der Waals surface area contributed by atoms with Gasteiger partial charge in [0.15, 0.2) is 0 Å². The summed E-state index contributed by atoms with van der Waals surface area (Å²) >= 11 is 0. The van der Waals surface area contributed by atoms with Crippen LogP contribution in [0.3, 0.4) is 0 Å². The van der Waals surface area contributed by atoms with Crippen molar-refractivity contribution >= 4 is 32.4 Å². The molecule has 0 radical (unpaired) electrons. The van der Waals surface area contributed by atoms with Crippen molar-refractivity contribution in [3.05, 3.63) is 72.8 Å². The van der Waals surface area contributed by atoms with Crippen molar-refractivity contribution in [2.24, 2.45) is 0 Å². The van der Waals surface area contributed by atoms with Gasteiger partial charge in [0.1, 0.15) is 0 Å². The maximum atomic E-state index is 12.7. The summed E-state index contributed by atoms with van der Waals surface area (Å²) in [6, 6.07) is 22.4. The van der Waals surface area contributed by atoms with Gasteiger partial charge in [-0.25, -0.2) is 8.42 Å². The first-order chi connectivity index (χ1) is 14.1. The van der Waals surface area contributed by atoms with Crippen LogP contribution in [-0.4, -0.2) is 56.3 Å². The highest BCUT2D eigenvalue weighted by Gasteiger charge is 2.29. The second-order valence-corrected chi connectivity index (χ2v) is 8.92. The molecule has 0 atom stereocenters. The molecule has 3 aromatic rings. The van der Waals surface area contributed by atoms with Crippen molar-refractivity contribution in [2.45, 2.75) is 4.90 Å². The lowest BCUT2D eigenvalue weighted by atomic mass is 10.1. The minimum Gasteiger partial charge on any atom is -0.376 e. The van der Waals surface area contributed by atoms with Gasteiger partial charge in [0.2, 0.25) is 15.9 Å². The number of hydrogen-bond donors (Lipinski definition) is 1. The van der Waals surface area contributed by atoms with E-state index in [0.29, 0.717) is 26.2 Å². The topological polar surface area (TPSA) is 69.7 Å². The Morgan fingerprint density at radius 3 is 2.24 bits per heavy atom. The molecule has 1 amide bonds. The maximum absolute atomic E-state index is 12.7. The molecular formula is C22H23N3O3S. The first-order valence-corrected chi connectivity index (χ1v) is 11.0. The summed E-state index contributed by atoms with van der Waals surface area (Å²) in [5, 5.41) is 5.42. The van der Waals surface area contributed by atoms with Crippen LogP contribution >= 0.6 is 0 Å². The molecule has 7 heteroatoms. The molecule has 1 fully saturated rings. The zero-order chi connectivity index (χ0) is 20.3. The molecule has 0 saturated carbocycles. The van der Waals surface area contributed by atoms with E-state index in [-0.39, 0.29) is 17.3 Å². The highest BCUT2D eigenvalue weighted by Crippen LogP contribution is 2.23. The van der Waals surface area contributed by atoms with Crippen molar-refractivity contribution in [1.82, 2.24) is 9.21 Å². The number of hydrogen-bond acceptors (Lipinski definition) is 4. The lowest BCUT2D eigenvalue weighted by Gasteiger charge is -2.34. The van der Waals surface area contributed by atoms with E-state index < -0.39 is 10.0 Å². The van der Waals surface area contributed by atoms with Crippen molar-refractivity contribution in [2.75, 3.05) is 38.0 Å². The number of rotatable bonds is 5. The van der Waals surface area contributed by atoms with Gasteiger partial charge in [0, 0.05) is 37.3 Å². The van der Waals surface area contributed by atoms with Crippen LogP contribution in [0.25, 0.3) is 10.8 Å². The molecule has 150 valence electrons. The average Bonchev–Trinajstić information content (AvgIpc) is 2.78. The highest BCUT2D eigenvalue weighted by atomic mass is 32.2. The van der Waals surface area contributed by atoms with Crippen LogP contribution in [0.15, 0.2) is 77.7 Å². The number of nitrogens with zero attached hydrogens (tertiary/aromatic N) is 2. The predicted octanol–water partition coefficient (Wildman–Crippen LogP) is 2.78. The van der Waals surface area contributed by atoms with Gasteiger partial charge in [-0.3, -0.25) is 4.79 Å². The third-order valence-electron chi connectivity index (χ3n) is 5.19. The second-order valence-electron chi connectivity index (χ2n) is 6.98. The monoisotopic (exact) mass is 409 g/mol. The first kappa shape index (κ1) is 19.4. The SMILES string of the molecule is O=C(CNc1cccc2ccccc12)N1CCN(S(=O)(=O)c2ccccc2)CC1. The average molecular weight is 410 g/mol. The van der Waals surface area contributed by atoms with Crippen molar-refractivity contribution in [3.8, 4) is 0 Å². The molecular weight excluding hydrogens is 386 g/mol. The maximum Gasteiger partial charge on any atom is 0.243 e. The van der Waals surface area contributed by atoms with Gasteiger partial charge in [-0.2, -0.15) is 4.31 Å². The first-order valence-electron chi connectivity index (χ1n) is 9.60. The molecule has 0 aliphatic carbocycles. The molecule has 0 bridgehead atoms. The van der Waals surface area contributed by atoms with Gasteiger partial charge >= 0.3 is 0 Å². The Morgan fingerprint density at radius 2 is 1.48 bits per heavy atom. The van der Waals surface area contributed by atoms with E-state index in [1.807, 2.05) is 42.5 Å². The van der Waals surface area contributed by atoms with Gasteiger partial charge in [-0.1, -0.05) is 54.6 Å². The van der Waals surface area contributed by atoms with Crippen LogP contribution in [0.5, 0.6) is 0 Å². The summed E-state index contributed by atoms with van der Waals surface area (Å²) in [5.41, 5.74) is 0.918. The summed E-state index contributed by atoms with van der Waals surface area (Å²) < 4.78 is 26.9. The molecule has 1 heterocycles. The van der Waals surface area contributed by atoms with E-state index in [1.54, 1.807) is 35.2 Å². The summed E-state index contributed by atoms with van der Waals surface area (Å²) in [6.45, 7) is 1.57. The fourth-order valence-electron chi connectivity index (χ4n) is 3.58. The molecule has 0 spiro atoms. The van der Waals surface area contributed by atoms with E-state index in [1.165, 1.54) is 4.31 Å². The van der Waals surface area contributed by atoms with Gasteiger partial charge < -0.3 is 10.2 Å². The molecule has 1 saturated heterocycles. The lowest BCUT2D eigenvalue weighted by Crippen LogP contribution is -2.51. The van der Waals surface area contributed by atoms with Crippen molar-refractivity contribution < 1.29 is 13.2 Å². The van der Waals surface area contributed by atoms with Gasteiger partial charge in [0.25, 0.3) is 0 Å². The minimum absolute atomic E-state index is 0.0327. The number of amides is 1. The third kappa shape index (κ3) is 4.11. The zero-order valence-electron chi connectivity index (χ0n) is 16.0. The van der Waals surface area contributed by atoms with E-state index in [0.717, 1.165) is 16.5 Å².